The molecule has 1 aliphatic rings. The van der Waals surface area contributed by atoms with Crippen LogP contribution < -0.4 is 4.74 Å². The van der Waals surface area contributed by atoms with Gasteiger partial charge in [-0.05, 0) is 49.4 Å². The Morgan fingerprint density at radius 1 is 1.06 bits per heavy atom. The number of carbonyl (C=O) groups is 1. The lowest BCUT2D eigenvalue weighted by molar-refractivity contribution is 0.0306. The molecule has 4 aromatic rings. The van der Waals surface area contributed by atoms with E-state index in [1.165, 1.54) is 0 Å². The molecule has 2 aromatic heterocycles. The van der Waals surface area contributed by atoms with Crippen LogP contribution in [0.5, 0.6) is 5.75 Å². The highest BCUT2D eigenvalue weighted by molar-refractivity contribution is 6.11. The van der Waals surface area contributed by atoms with Crippen molar-refractivity contribution < 1.29 is 19.0 Å². The molecule has 1 N–H and O–H groups in total. The smallest absolute Gasteiger partial charge is 0.357 e. The fourth-order valence-corrected chi connectivity index (χ4v) is 4.44. The summed E-state index contributed by atoms with van der Waals surface area (Å²) in [7, 11) is 1.62. The molecule has 0 aliphatic heterocycles. The van der Waals surface area contributed by atoms with E-state index in [1.54, 1.807) is 13.3 Å². The predicted molar refractivity (Wildman–Crippen MR) is 123 cm³/mol. The van der Waals surface area contributed by atoms with Gasteiger partial charge >= 0.3 is 5.97 Å². The Labute approximate surface area is 186 Å². The van der Waals surface area contributed by atoms with Gasteiger partial charge < -0.3 is 19.2 Å². The molecule has 0 unspecified atom stereocenters. The highest BCUT2D eigenvalue weighted by atomic mass is 16.5. The van der Waals surface area contributed by atoms with Gasteiger partial charge in [0.25, 0.3) is 0 Å². The molecule has 0 amide bonds. The van der Waals surface area contributed by atoms with E-state index in [0.29, 0.717) is 12.3 Å². The molecule has 6 nitrogen and oxygen atoms in total. The molecule has 0 atom stereocenters. The Bertz CT molecular complexity index is 1240. The summed E-state index contributed by atoms with van der Waals surface area (Å²) in [6.45, 7) is 0.752. The zero-order valence-electron chi connectivity index (χ0n) is 18.1. The van der Waals surface area contributed by atoms with E-state index in [0.717, 1.165) is 64.4 Å². The Balaban J connectivity index is 1.52. The van der Waals surface area contributed by atoms with Gasteiger partial charge in [0.1, 0.15) is 18.5 Å². The second kappa shape index (κ2) is 9.01. The quantitative estimate of drug-likeness (QED) is 0.390. The van der Waals surface area contributed by atoms with Crippen LogP contribution in [-0.2, 0) is 22.7 Å². The summed E-state index contributed by atoms with van der Waals surface area (Å²) in [6.07, 6.45) is 5.72. The molecule has 2 heterocycles. The van der Waals surface area contributed by atoms with Crippen molar-refractivity contribution in [3.63, 3.8) is 0 Å². The van der Waals surface area contributed by atoms with Gasteiger partial charge in [-0.1, -0.05) is 30.3 Å². The number of ether oxygens (including phenoxy) is 3. The lowest BCUT2D eigenvalue weighted by atomic mass is 10.1. The van der Waals surface area contributed by atoms with Gasteiger partial charge in [-0.3, -0.25) is 0 Å². The van der Waals surface area contributed by atoms with E-state index < -0.39 is 0 Å². The fourth-order valence-electron chi connectivity index (χ4n) is 4.44. The number of pyridine rings is 1. The van der Waals surface area contributed by atoms with E-state index in [4.69, 9.17) is 14.2 Å². The van der Waals surface area contributed by atoms with Crippen LogP contribution in [0.1, 0.15) is 47.3 Å². The van der Waals surface area contributed by atoms with E-state index in [1.807, 2.05) is 48.5 Å². The van der Waals surface area contributed by atoms with Crippen LogP contribution in [0, 0.1) is 0 Å². The van der Waals surface area contributed by atoms with E-state index in [2.05, 4.69) is 9.97 Å². The minimum atomic E-state index is -0.378. The molecule has 6 heteroatoms. The standard InChI is InChI=1S/C26H26N2O4/c1-30-16-21-24-20-13-19(31-15-17-7-3-2-4-8-17)11-12-22(20)28-23(24)14-27-25(21)26(29)32-18-9-5-6-10-18/h2-4,7-8,11-14,18,28H,5-6,9-10,15-16H2,1H3. The maximum absolute atomic E-state index is 12.9. The van der Waals surface area contributed by atoms with Crippen molar-refractivity contribution in [2.24, 2.45) is 0 Å². The number of methoxy groups -OCH3 is 1. The van der Waals surface area contributed by atoms with Crippen molar-refractivity contribution in [3.05, 3.63) is 71.5 Å². The first-order valence-corrected chi connectivity index (χ1v) is 11.0. The zero-order chi connectivity index (χ0) is 21.9. The van der Waals surface area contributed by atoms with Gasteiger partial charge in [-0.15, -0.1) is 0 Å². The molecular weight excluding hydrogens is 404 g/mol. The van der Waals surface area contributed by atoms with Crippen LogP contribution >= 0.6 is 0 Å². The summed E-state index contributed by atoms with van der Waals surface area (Å²) < 4.78 is 17.2. The summed E-state index contributed by atoms with van der Waals surface area (Å²) in [6, 6.07) is 16.0. The number of benzene rings is 2. The summed E-state index contributed by atoms with van der Waals surface area (Å²) >= 11 is 0. The lowest BCUT2D eigenvalue weighted by Crippen LogP contribution is -2.18. The van der Waals surface area contributed by atoms with Gasteiger partial charge in [0.15, 0.2) is 5.69 Å². The second-order valence-corrected chi connectivity index (χ2v) is 8.23. The Morgan fingerprint density at radius 2 is 1.88 bits per heavy atom. The van der Waals surface area contributed by atoms with Crippen LogP contribution in [-0.4, -0.2) is 29.2 Å². The molecule has 0 radical (unpaired) electrons. The average molecular weight is 431 g/mol. The van der Waals surface area contributed by atoms with Crippen molar-refractivity contribution in [1.82, 2.24) is 9.97 Å². The lowest BCUT2D eigenvalue weighted by Gasteiger charge is -2.14. The van der Waals surface area contributed by atoms with E-state index >= 15 is 0 Å². The van der Waals surface area contributed by atoms with Gasteiger partial charge in [0.05, 0.1) is 18.3 Å². The van der Waals surface area contributed by atoms with Crippen LogP contribution in [0.2, 0.25) is 0 Å². The highest BCUT2D eigenvalue weighted by Gasteiger charge is 2.25. The first-order valence-electron chi connectivity index (χ1n) is 11.0. The van der Waals surface area contributed by atoms with Gasteiger partial charge in [-0.2, -0.15) is 0 Å². The first-order chi connectivity index (χ1) is 15.7. The molecule has 2 aromatic carbocycles. The summed E-state index contributed by atoms with van der Waals surface area (Å²) in [5.74, 6) is 0.384. The van der Waals surface area contributed by atoms with E-state index in [9.17, 15) is 4.79 Å². The SMILES string of the molecule is COCc1c(C(=O)OC2CCCC2)ncc2[nH]c3ccc(OCc4ccccc4)cc3c12. The highest BCUT2D eigenvalue weighted by Crippen LogP contribution is 2.33. The van der Waals surface area contributed by atoms with E-state index in [-0.39, 0.29) is 18.7 Å². The van der Waals surface area contributed by atoms with Crippen molar-refractivity contribution in [2.75, 3.05) is 7.11 Å². The van der Waals surface area contributed by atoms with Gasteiger partial charge in [-0.25, -0.2) is 9.78 Å². The molecule has 1 aliphatic carbocycles. The van der Waals surface area contributed by atoms with Crippen molar-refractivity contribution in [2.45, 2.75) is 45.0 Å². The number of rotatable bonds is 7. The van der Waals surface area contributed by atoms with Crippen molar-refractivity contribution in [1.29, 1.82) is 0 Å². The van der Waals surface area contributed by atoms with Crippen LogP contribution in [0.3, 0.4) is 0 Å². The Hall–Kier alpha value is -3.38. The van der Waals surface area contributed by atoms with Gasteiger partial charge in [0, 0.05) is 29.0 Å². The number of H-pyrrole nitrogens is 1. The molecule has 0 bridgehead atoms. The van der Waals surface area contributed by atoms with Crippen molar-refractivity contribution >= 4 is 27.8 Å². The number of esters is 1. The Kier molecular flexibility index (Phi) is 5.77. The third-order valence-electron chi connectivity index (χ3n) is 6.02. The number of hydrogen-bond donors (Lipinski definition) is 1. The number of nitrogens with one attached hydrogen (secondary N) is 1. The molecule has 32 heavy (non-hydrogen) atoms. The number of carbonyl (C=O) groups excluding carboxylic acids is 1. The van der Waals surface area contributed by atoms with Crippen LogP contribution in [0.15, 0.2) is 54.7 Å². The molecule has 1 saturated carbocycles. The molecule has 164 valence electrons. The fraction of sp³-hybridized carbons (Fsp3) is 0.308. The minimum absolute atomic E-state index is 0.0173. The maximum Gasteiger partial charge on any atom is 0.357 e. The monoisotopic (exact) mass is 430 g/mol. The molecule has 0 saturated heterocycles. The van der Waals surface area contributed by atoms with Crippen LogP contribution in [0.4, 0.5) is 0 Å². The summed E-state index contributed by atoms with van der Waals surface area (Å²) in [4.78, 5) is 20.8. The summed E-state index contributed by atoms with van der Waals surface area (Å²) in [5.41, 5.74) is 3.96. The topological polar surface area (TPSA) is 73.4 Å². The molecular formula is C26H26N2O4. The zero-order valence-corrected chi connectivity index (χ0v) is 18.1. The maximum atomic E-state index is 12.9. The number of aromatic amines is 1. The predicted octanol–water partition coefficient (Wildman–Crippen LogP) is 5.54. The second-order valence-electron chi connectivity index (χ2n) is 8.23. The number of hydrogen-bond acceptors (Lipinski definition) is 5. The van der Waals surface area contributed by atoms with Crippen LogP contribution in [0.25, 0.3) is 21.8 Å². The van der Waals surface area contributed by atoms with Gasteiger partial charge in [0.2, 0.25) is 0 Å². The normalized spacial score (nSPS) is 14.3. The number of nitrogens with zero attached hydrogens (tertiary/aromatic N) is 1. The van der Waals surface area contributed by atoms with Crippen molar-refractivity contribution in [3.8, 4) is 5.75 Å². The molecule has 1 fully saturated rings. The largest absolute Gasteiger partial charge is 0.489 e. The summed E-state index contributed by atoms with van der Waals surface area (Å²) in [5, 5.41) is 1.88. The molecule has 5 rings (SSSR count). The third kappa shape index (κ3) is 4.06. The molecule has 0 spiro atoms. The minimum Gasteiger partial charge on any atom is -0.489 e. The average Bonchev–Trinajstić information content (AvgIpc) is 3.46. The third-order valence-corrected chi connectivity index (χ3v) is 6.02. The number of fused-ring (bicyclic) bond motifs is 3. The number of aromatic nitrogens is 2. The Morgan fingerprint density at radius 3 is 2.66 bits per heavy atom. The first kappa shape index (κ1) is 20.5.